The molecule has 0 atom stereocenters. The van der Waals surface area contributed by atoms with Crippen molar-refractivity contribution < 1.29 is 14.0 Å². The lowest BCUT2D eigenvalue weighted by molar-refractivity contribution is -0.117. The summed E-state index contributed by atoms with van der Waals surface area (Å²) in [5.41, 5.74) is 2.09. The van der Waals surface area contributed by atoms with Gasteiger partial charge >= 0.3 is 6.03 Å². The number of aromatic nitrogens is 4. The maximum absolute atomic E-state index is 13.5. The van der Waals surface area contributed by atoms with Gasteiger partial charge in [-0.3, -0.25) is 10.1 Å². The second kappa shape index (κ2) is 7.61. The largest absolute Gasteiger partial charge is 0.338 e. The van der Waals surface area contributed by atoms with Crippen LogP contribution < -0.4 is 10.6 Å². The first-order chi connectivity index (χ1) is 13.6. The van der Waals surface area contributed by atoms with Crippen molar-refractivity contribution in [2.75, 3.05) is 11.1 Å². The van der Waals surface area contributed by atoms with Gasteiger partial charge in [-0.15, -0.1) is 10.2 Å². The van der Waals surface area contributed by atoms with Crippen LogP contribution in [0.4, 0.5) is 14.9 Å². The fourth-order valence-corrected chi connectivity index (χ4v) is 3.16. The highest BCUT2D eigenvalue weighted by molar-refractivity contribution is 7.99. The summed E-state index contributed by atoms with van der Waals surface area (Å²) < 4.78 is 13.5. The van der Waals surface area contributed by atoms with E-state index in [0.29, 0.717) is 16.3 Å². The molecule has 0 unspecified atom stereocenters. The molecule has 0 aliphatic carbocycles. The molecule has 3 amide bonds. The number of urea groups is 1. The summed E-state index contributed by atoms with van der Waals surface area (Å²) in [4.78, 5) is 31.2. The normalized spacial score (nSPS) is 10.9. The molecule has 0 saturated carbocycles. The fourth-order valence-electron chi connectivity index (χ4n) is 2.58. The number of hydrogen-bond donors (Lipinski definition) is 3. The van der Waals surface area contributed by atoms with Crippen LogP contribution in [-0.2, 0) is 4.79 Å². The molecule has 8 nitrogen and oxygen atoms in total. The van der Waals surface area contributed by atoms with E-state index in [1.165, 1.54) is 18.2 Å². The van der Waals surface area contributed by atoms with Crippen LogP contribution in [0.3, 0.4) is 0 Å². The molecule has 28 heavy (non-hydrogen) atoms. The van der Waals surface area contributed by atoms with Gasteiger partial charge in [0.1, 0.15) is 11.3 Å². The van der Waals surface area contributed by atoms with Crippen molar-refractivity contribution >= 4 is 51.5 Å². The molecule has 3 N–H and O–H groups in total. The molecule has 2 aromatic heterocycles. The molecule has 0 radical (unpaired) electrons. The monoisotopic (exact) mass is 396 g/mol. The highest BCUT2D eigenvalue weighted by Crippen LogP contribution is 2.23. The van der Waals surface area contributed by atoms with Gasteiger partial charge in [0.15, 0.2) is 5.65 Å². The van der Waals surface area contributed by atoms with Crippen LogP contribution in [-0.4, -0.2) is 37.9 Å². The van der Waals surface area contributed by atoms with Gasteiger partial charge < -0.3 is 10.3 Å². The Bertz CT molecular complexity index is 1200. The van der Waals surface area contributed by atoms with E-state index < -0.39 is 17.8 Å². The zero-order valence-electron chi connectivity index (χ0n) is 14.3. The van der Waals surface area contributed by atoms with E-state index in [1.807, 2.05) is 24.3 Å². The number of fused-ring (bicyclic) bond motifs is 3. The number of benzene rings is 2. The molecule has 140 valence electrons. The number of carbonyl (C=O) groups is 2. The third kappa shape index (κ3) is 3.76. The number of anilines is 1. The number of H-pyrrole nitrogens is 1. The summed E-state index contributed by atoms with van der Waals surface area (Å²) in [5.74, 6) is -1.26. The van der Waals surface area contributed by atoms with Gasteiger partial charge in [-0.05, 0) is 18.2 Å². The average Bonchev–Trinajstić information content (AvgIpc) is 3.06. The molecule has 0 bridgehead atoms. The number of halogens is 1. The van der Waals surface area contributed by atoms with Gasteiger partial charge in [0.05, 0.1) is 11.4 Å². The summed E-state index contributed by atoms with van der Waals surface area (Å²) in [5, 5.41) is 13.8. The lowest BCUT2D eigenvalue weighted by Crippen LogP contribution is -2.35. The zero-order valence-corrected chi connectivity index (χ0v) is 15.1. The molecule has 4 aromatic rings. The van der Waals surface area contributed by atoms with E-state index in [-0.39, 0.29) is 11.4 Å². The van der Waals surface area contributed by atoms with Crippen LogP contribution in [0, 0.1) is 5.82 Å². The zero-order chi connectivity index (χ0) is 19.5. The third-order valence-corrected chi connectivity index (χ3v) is 4.65. The minimum absolute atomic E-state index is 0.0164. The summed E-state index contributed by atoms with van der Waals surface area (Å²) >= 11 is 1.03. The van der Waals surface area contributed by atoms with Gasteiger partial charge in [0.2, 0.25) is 11.1 Å². The van der Waals surface area contributed by atoms with Crippen molar-refractivity contribution in [3.8, 4) is 0 Å². The quantitative estimate of drug-likeness (QED) is 0.457. The van der Waals surface area contributed by atoms with Crippen molar-refractivity contribution in [3.05, 3.63) is 54.3 Å². The summed E-state index contributed by atoms with van der Waals surface area (Å²) in [7, 11) is 0. The summed E-state index contributed by atoms with van der Waals surface area (Å²) in [6.07, 6.45) is 0. The van der Waals surface area contributed by atoms with Crippen LogP contribution in [0.25, 0.3) is 22.1 Å². The van der Waals surface area contributed by atoms with Gasteiger partial charge in [0.25, 0.3) is 0 Å². The van der Waals surface area contributed by atoms with Gasteiger partial charge in [-0.2, -0.15) is 0 Å². The molecule has 0 saturated heterocycles. The minimum atomic E-state index is -0.819. The van der Waals surface area contributed by atoms with Crippen LogP contribution >= 0.6 is 11.8 Å². The molecular weight excluding hydrogens is 383 g/mol. The molecule has 4 rings (SSSR count). The Morgan fingerprint density at radius 3 is 2.71 bits per heavy atom. The predicted octanol–water partition coefficient (Wildman–Crippen LogP) is 3.09. The minimum Gasteiger partial charge on any atom is -0.338 e. The van der Waals surface area contributed by atoms with Crippen molar-refractivity contribution in [2.24, 2.45) is 0 Å². The number of imide groups is 1. The number of nitrogens with one attached hydrogen (secondary N) is 3. The first kappa shape index (κ1) is 17.9. The SMILES string of the molecule is O=C(CSc1nnc2c(n1)[nH]c1ccccc12)NC(=O)Nc1ccccc1F. The molecule has 10 heteroatoms. The number of amides is 3. The third-order valence-electron chi connectivity index (χ3n) is 3.81. The van der Waals surface area contributed by atoms with E-state index in [0.717, 1.165) is 22.7 Å². The number of carbonyl (C=O) groups excluding carboxylic acids is 2. The molecule has 0 fully saturated rings. The Kier molecular flexibility index (Phi) is 4.85. The van der Waals surface area contributed by atoms with E-state index in [9.17, 15) is 14.0 Å². The molecule has 0 aliphatic heterocycles. The Labute approximate surface area is 161 Å². The summed E-state index contributed by atoms with van der Waals surface area (Å²) in [6.45, 7) is 0. The predicted molar refractivity (Wildman–Crippen MR) is 103 cm³/mol. The molecule has 0 spiro atoms. The van der Waals surface area contributed by atoms with Gasteiger partial charge in [-0.25, -0.2) is 14.2 Å². The van der Waals surface area contributed by atoms with Crippen molar-refractivity contribution in [3.63, 3.8) is 0 Å². The Hall–Kier alpha value is -3.53. The lowest BCUT2D eigenvalue weighted by Gasteiger charge is -2.07. The first-order valence-electron chi connectivity index (χ1n) is 8.19. The second-order valence-corrected chi connectivity index (χ2v) is 6.68. The smallest absolute Gasteiger partial charge is 0.325 e. The summed E-state index contributed by atoms with van der Waals surface area (Å²) in [6, 6.07) is 12.5. The maximum Gasteiger partial charge on any atom is 0.325 e. The highest BCUT2D eigenvalue weighted by atomic mass is 32.2. The number of hydrogen-bond acceptors (Lipinski definition) is 6. The first-order valence-corrected chi connectivity index (χ1v) is 9.18. The van der Waals surface area contributed by atoms with E-state index in [2.05, 4.69) is 30.8 Å². The van der Waals surface area contributed by atoms with Crippen molar-refractivity contribution in [2.45, 2.75) is 5.16 Å². The van der Waals surface area contributed by atoms with E-state index in [4.69, 9.17) is 0 Å². The number of nitrogens with zero attached hydrogens (tertiary/aromatic N) is 3. The average molecular weight is 396 g/mol. The maximum atomic E-state index is 13.5. The Morgan fingerprint density at radius 2 is 1.86 bits per heavy atom. The topological polar surface area (TPSA) is 113 Å². The van der Waals surface area contributed by atoms with Crippen LogP contribution in [0.1, 0.15) is 0 Å². The van der Waals surface area contributed by atoms with Crippen LogP contribution in [0.15, 0.2) is 53.7 Å². The van der Waals surface area contributed by atoms with Crippen molar-refractivity contribution in [1.29, 1.82) is 0 Å². The number of thioether (sulfide) groups is 1. The molecule has 2 aromatic carbocycles. The van der Waals surface area contributed by atoms with Crippen LogP contribution in [0.5, 0.6) is 0 Å². The van der Waals surface area contributed by atoms with Crippen molar-refractivity contribution in [1.82, 2.24) is 25.5 Å². The molecular formula is C18H13FN6O2S. The van der Waals surface area contributed by atoms with E-state index >= 15 is 0 Å². The Morgan fingerprint density at radius 1 is 1.07 bits per heavy atom. The lowest BCUT2D eigenvalue weighted by atomic mass is 10.2. The highest BCUT2D eigenvalue weighted by Gasteiger charge is 2.13. The molecule has 0 aliphatic rings. The van der Waals surface area contributed by atoms with E-state index in [1.54, 1.807) is 6.07 Å². The number of rotatable bonds is 4. The van der Waals surface area contributed by atoms with Gasteiger partial charge in [0, 0.05) is 10.9 Å². The number of para-hydroxylation sites is 2. The fraction of sp³-hybridized carbons (Fsp3) is 0.0556. The molecule has 2 heterocycles. The Balaban J connectivity index is 1.37. The standard InChI is InChI=1S/C18H13FN6O2S/c19-11-6-2-4-8-13(11)21-17(27)22-14(26)9-28-18-23-16-15(24-25-18)10-5-1-3-7-12(10)20-16/h1-8H,9H2,(H,20,23,25)(H2,21,22,26,27). The second-order valence-electron chi connectivity index (χ2n) is 5.73. The van der Waals surface area contributed by atoms with Gasteiger partial charge in [-0.1, -0.05) is 42.1 Å². The van der Waals surface area contributed by atoms with Crippen LogP contribution in [0.2, 0.25) is 0 Å². The number of aromatic amines is 1.